The molecule has 0 saturated carbocycles. The lowest BCUT2D eigenvalue weighted by molar-refractivity contribution is 0.262. The molecule has 2 amide bonds. The van der Waals surface area contributed by atoms with Crippen LogP contribution in [0.5, 0.6) is 0 Å². The average molecular weight is 310 g/mol. The molecule has 2 rings (SSSR count). The fourth-order valence-corrected chi connectivity index (χ4v) is 2.21. The highest BCUT2D eigenvalue weighted by molar-refractivity contribution is 6.35. The largest absolute Gasteiger partial charge is 0.399 e. The number of halogens is 2. The Labute approximate surface area is 126 Å². The van der Waals surface area contributed by atoms with Crippen molar-refractivity contribution in [2.75, 3.05) is 16.4 Å². The van der Waals surface area contributed by atoms with Crippen LogP contribution in [0.2, 0.25) is 10.0 Å². The van der Waals surface area contributed by atoms with Crippen molar-refractivity contribution in [3.63, 3.8) is 0 Å². The molecule has 0 heterocycles. The van der Waals surface area contributed by atoms with E-state index in [0.717, 1.165) is 5.56 Å². The van der Waals surface area contributed by atoms with Gasteiger partial charge in [0, 0.05) is 27.1 Å². The molecule has 2 aromatic rings. The maximum absolute atomic E-state index is 11.9. The molecule has 0 aliphatic heterocycles. The normalized spacial score (nSPS) is 10.2. The van der Waals surface area contributed by atoms with E-state index >= 15 is 0 Å². The first-order chi connectivity index (χ1) is 9.44. The minimum Gasteiger partial charge on any atom is -0.399 e. The van der Waals surface area contributed by atoms with Gasteiger partial charge in [0.05, 0.1) is 0 Å². The van der Waals surface area contributed by atoms with Gasteiger partial charge in [-0.3, -0.25) is 0 Å². The molecule has 0 aromatic heterocycles. The number of nitrogens with two attached hydrogens (primary N) is 1. The summed E-state index contributed by atoms with van der Waals surface area (Å²) in [6, 6.07) is 9.72. The predicted molar refractivity (Wildman–Crippen MR) is 84.7 cm³/mol. The Bertz CT molecular complexity index is 639. The van der Waals surface area contributed by atoms with Crippen LogP contribution in [0.1, 0.15) is 5.56 Å². The number of hydrogen-bond donors (Lipinski definition) is 3. The van der Waals surface area contributed by atoms with E-state index in [1.165, 1.54) is 0 Å². The van der Waals surface area contributed by atoms with Gasteiger partial charge in [-0.2, -0.15) is 0 Å². The first-order valence-electron chi connectivity index (χ1n) is 5.84. The standard InChI is InChI=1S/C14H13Cl2N3O/c1-8-2-3-11(17)7-13(8)19-14(20)18-12-5-9(15)4-10(16)6-12/h2-7H,17H2,1H3,(H2,18,19,20). The zero-order valence-corrected chi connectivity index (χ0v) is 12.2. The molecule has 0 aliphatic carbocycles. The highest BCUT2D eigenvalue weighted by Gasteiger charge is 2.06. The molecule has 104 valence electrons. The minimum atomic E-state index is -0.392. The second-order valence-corrected chi connectivity index (χ2v) is 5.18. The molecule has 0 aliphatic rings. The number of carbonyl (C=O) groups excluding carboxylic acids is 1. The molecular weight excluding hydrogens is 297 g/mol. The summed E-state index contributed by atoms with van der Waals surface area (Å²) in [7, 11) is 0. The molecule has 0 bridgehead atoms. The van der Waals surface area contributed by atoms with Gasteiger partial charge in [0.25, 0.3) is 0 Å². The highest BCUT2D eigenvalue weighted by atomic mass is 35.5. The van der Waals surface area contributed by atoms with Crippen molar-refractivity contribution < 1.29 is 4.79 Å². The number of anilines is 3. The molecule has 20 heavy (non-hydrogen) atoms. The summed E-state index contributed by atoms with van der Waals surface area (Å²) in [5, 5.41) is 6.28. The predicted octanol–water partition coefficient (Wildman–Crippen LogP) is 4.53. The van der Waals surface area contributed by atoms with E-state index in [1.54, 1.807) is 30.3 Å². The number of rotatable bonds is 2. The summed E-state index contributed by atoms with van der Waals surface area (Å²) in [6.07, 6.45) is 0. The van der Waals surface area contributed by atoms with Crippen LogP contribution in [-0.2, 0) is 0 Å². The van der Waals surface area contributed by atoms with Gasteiger partial charge in [-0.25, -0.2) is 4.79 Å². The minimum absolute atomic E-state index is 0.392. The monoisotopic (exact) mass is 309 g/mol. The van der Waals surface area contributed by atoms with Gasteiger partial charge in [-0.05, 0) is 42.8 Å². The summed E-state index contributed by atoms with van der Waals surface area (Å²) in [5.74, 6) is 0. The average Bonchev–Trinajstić information content (AvgIpc) is 2.32. The Morgan fingerprint density at radius 3 is 2.35 bits per heavy atom. The SMILES string of the molecule is Cc1ccc(N)cc1NC(=O)Nc1cc(Cl)cc(Cl)c1. The van der Waals surface area contributed by atoms with E-state index in [2.05, 4.69) is 10.6 Å². The number of urea groups is 1. The molecule has 0 saturated heterocycles. The Morgan fingerprint density at radius 2 is 1.70 bits per heavy atom. The molecule has 0 fully saturated rings. The van der Waals surface area contributed by atoms with Crippen LogP contribution < -0.4 is 16.4 Å². The number of nitrogens with one attached hydrogen (secondary N) is 2. The molecule has 0 spiro atoms. The lowest BCUT2D eigenvalue weighted by Crippen LogP contribution is -2.20. The lowest BCUT2D eigenvalue weighted by atomic mass is 10.2. The molecule has 2 aromatic carbocycles. The van der Waals surface area contributed by atoms with Crippen LogP contribution in [0, 0.1) is 6.92 Å². The summed E-state index contributed by atoms with van der Waals surface area (Å²) >= 11 is 11.7. The first kappa shape index (κ1) is 14.5. The van der Waals surface area contributed by atoms with Crippen LogP contribution in [-0.4, -0.2) is 6.03 Å². The number of carbonyl (C=O) groups is 1. The quantitative estimate of drug-likeness (QED) is 0.713. The molecule has 4 nitrogen and oxygen atoms in total. The van der Waals surface area contributed by atoms with Crippen LogP contribution >= 0.6 is 23.2 Å². The second-order valence-electron chi connectivity index (χ2n) is 4.31. The van der Waals surface area contributed by atoms with Gasteiger partial charge in [0.2, 0.25) is 0 Å². The van der Waals surface area contributed by atoms with Crippen molar-refractivity contribution >= 4 is 46.3 Å². The maximum atomic E-state index is 11.9. The van der Waals surface area contributed by atoms with Gasteiger partial charge in [0.1, 0.15) is 0 Å². The van der Waals surface area contributed by atoms with E-state index in [4.69, 9.17) is 28.9 Å². The molecule has 0 atom stereocenters. The van der Waals surface area contributed by atoms with Crippen molar-refractivity contribution in [1.82, 2.24) is 0 Å². The number of amides is 2. The van der Waals surface area contributed by atoms with Gasteiger partial charge in [-0.1, -0.05) is 29.3 Å². The summed E-state index contributed by atoms with van der Waals surface area (Å²) < 4.78 is 0. The van der Waals surface area contributed by atoms with Crippen molar-refractivity contribution in [2.45, 2.75) is 6.92 Å². The first-order valence-corrected chi connectivity index (χ1v) is 6.60. The van der Waals surface area contributed by atoms with Gasteiger partial charge < -0.3 is 16.4 Å². The Balaban J connectivity index is 2.11. The third-order valence-corrected chi connectivity index (χ3v) is 3.07. The van der Waals surface area contributed by atoms with Gasteiger partial charge >= 0.3 is 6.03 Å². The molecular formula is C14H13Cl2N3O. The molecule has 0 radical (unpaired) electrons. The van der Waals surface area contributed by atoms with Gasteiger partial charge in [0.15, 0.2) is 0 Å². The van der Waals surface area contributed by atoms with E-state index in [-0.39, 0.29) is 0 Å². The smallest absolute Gasteiger partial charge is 0.323 e. The van der Waals surface area contributed by atoms with Crippen molar-refractivity contribution in [3.05, 3.63) is 52.0 Å². The summed E-state index contributed by atoms with van der Waals surface area (Å²) in [4.78, 5) is 11.9. The Morgan fingerprint density at radius 1 is 1.05 bits per heavy atom. The van der Waals surface area contributed by atoms with Crippen molar-refractivity contribution in [3.8, 4) is 0 Å². The molecule has 0 unspecified atom stereocenters. The number of aryl methyl sites for hydroxylation is 1. The fourth-order valence-electron chi connectivity index (χ4n) is 1.68. The van der Waals surface area contributed by atoms with Gasteiger partial charge in [-0.15, -0.1) is 0 Å². The maximum Gasteiger partial charge on any atom is 0.323 e. The number of nitrogen functional groups attached to an aromatic ring is 1. The third kappa shape index (κ3) is 3.79. The molecule has 4 N–H and O–H groups in total. The van der Waals surface area contributed by atoms with Crippen LogP contribution in [0.3, 0.4) is 0 Å². The van der Waals surface area contributed by atoms with E-state index in [0.29, 0.717) is 27.1 Å². The van der Waals surface area contributed by atoms with E-state index in [1.807, 2.05) is 13.0 Å². The number of benzene rings is 2. The van der Waals surface area contributed by atoms with Crippen LogP contribution in [0.15, 0.2) is 36.4 Å². The fraction of sp³-hybridized carbons (Fsp3) is 0.0714. The molecule has 6 heteroatoms. The van der Waals surface area contributed by atoms with Crippen LogP contribution in [0.4, 0.5) is 21.9 Å². The van der Waals surface area contributed by atoms with Crippen molar-refractivity contribution in [2.24, 2.45) is 0 Å². The van der Waals surface area contributed by atoms with Crippen LogP contribution in [0.25, 0.3) is 0 Å². The lowest BCUT2D eigenvalue weighted by Gasteiger charge is -2.11. The van der Waals surface area contributed by atoms with E-state index < -0.39 is 6.03 Å². The third-order valence-electron chi connectivity index (χ3n) is 2.63. The zero-order chi connectivity index (χ0) is 14.7. The highest BCUT2D eigenvalue weighted by Crippen LogP contribution is 2.23. The zero-order valence-electron chi connectivity index (χ0n) is 10.7. The Kier molecular flexibility index (Phi) is 4.37. The second kappa shape index (κ2) is 6.03. The summed E-state index contributed by atoms with van der Waals surface area (Å²) in [6.45, 7) is 1.88. The van der Waals surface area contributed by atoms with Crippen molar-refractivity contribution in [1.29, 1.82) is 0 Å². The number of hydrogen-bond acceptors (Lipinski definition) is 2. The summed E-state index contributed by atoms with van der Waals surface area (Å²) in [5.41, 5.74) is 8.35. The topological polar surface area (TPSA) is 67.1 Å². The van der Waals surface area contributed by atoms with E-state index in [9.17, 15) is 4.79 Å². The Hall–Kier alpha value is -1.91.